The largest absolute Gasteiger partial charge is 0.481 e. The molecule has 0 aliphatic heterocycles. The zero-order chi connectivity index (χ0) is 10.7. The zero-order valence-electron chi connectivity index (χ0n) is 7.23. The average molecular weight is 202 g/mol. The summed E-state index contributed by atoms with van der Waals surface area (Å²) in [5.74, 6) is -3.43. The van der Waals surface area contributed by atoms with Crippen LogP contribution < -0.4 is 11.2 Å². The molecule has 2 amide bonds. The van der Waals surface area contributed by atoms with Gasteiger partial charge >= 0.3 is 5.97 Å². The number of aliphatic carboxylic acids is 1. The summed E-state index contributed by atoms with van der Waals surface area (Å²) >= 11 is 0. The maximum Gasteiger partial charge on any atom is 0.307 e. The van der Waals surface area contributed by atoms with Gasteiger partial charge in [-0.3, -0.25) is 19.2 Å². The van der Waals surface area contributed by atoms with E-state index in [9.17, 15) is 14.4 Å². The van der Waals surface area contributed by atoms with Crippen LogP contribution in [0.2, 0.25) is 0 Å². The van der Waals surface area contributed by atoms with Gasteiger partial charge in [-0.2, -0.15) is 0 Å². The smallest absolute Gasteiger partial charge is 0.307 e. The number of primary amides is 1. The molecule has 1 rings (SSSR count). The van der Waals surface area contributed by atoms with Crippen LogP contribution in [0.15, 0.2) is 0 Å². The second kappa shape index (κ2) is 4.05. The number of amides is 2. The third-order valence-corrected chi connectivity index (χ3v) is 1.83. The Morgan fingerprint density at radius 2 is 2.07 bits per heavy atom. The summed E-state index contributed by atoms with van der Waals surface area (Å²) in [6.07, 6.45) is 0.307. The lowest BCUT2D eigenvalue weighted by Gasteiger charge is -2.02. The Labute approximate surface area is 79.2 Å². The molecule has 7 nitrogen and oxygen atoms in total. The van der Waals surface area contributed by atoms with Crippen molar-refractivity contribution in [2.45, 2.75) is 6.42 Å². The Hall–Kier alpha value is -1.63. The predicted molar refractivity (Wildman–Crippen MR) is 42.5 cm³/mol. The number of carbonyl (C=O) groups excluding carboxylic acids is 2. The number of rotatable bonds is 5. The van der Waals surface area contributed by atoms with Crippen LogP contribution >= 0.6 is 0 Å². The molecule has 0 spiro atoms. The Bertz CT molecular complexity index is 277. The Balaban J connectivity index is 2.18. The number of hydrogen-bond donors (Lipinski definition) is 3. The van der Waals surface area contributed by atoms with E-state index in [2.05, 4.69) is 4.84 Å². The van der Waals surface area contributed by atoms with Gasteiger partial charge in [-0.25, -0.2) is 5.48 Å². The predicted octanol–water partition coefficient (Wildman–Crippen LogP) is -1.76. The van der Waals surface area contributed by atoms with Gasteiger partial charge in [0, 0.05) is 0 Å². The van der Waals surface area contributed by atoms with E-state index in [1.54, 1.807) is 0 Å². The van der Waals surface area contributed by atoms with Gasteiger partial charge in [0.2, 0.25) is 11.8 Å². The number of hydroxylamine groups is 1. The summed E-state index contributed by atoms with van der Waals surface area (Å²) in [6, 6.07) is 0. The fraction of sp³-hybridized carbons (Fsp3) is 0.571. The minimum atomic E-state index is -1.000. The van der Waals surface area contributed by atoms with E-state index in [0.29, 0.717) is 6.42 Å². The molecule has 2 unspecified atom stereocenters. The fourth-order valence-corrected chi connectivity index (χ4v) is 1.01. The summed E-state index contributed by atoms with van der Waals surface area (Å²) < 4.78 is 0. The van der Waals surface area contributed by atoms with Crippen molar-refractivity contribution in [3.8, 4) is 0 Å². The van der Waals surface area contributed by atoms with Crippen LogP contribution in [-0.4, -0.2) is 29.5 Å². The molecule has 0 radical (unpaired) electrons. The number of nitrogens with one attached hydrogen (secondary N) is 1. The van der Waals surface area contributed by atoms with Crippen molar-refractivity contribution in [2.24, 2.45) is 17.6 Å². The first-order valence-electron chi connectivity index (χ1n) is 3.95. The van der Waals surface area contributed by atoms with Gasteiger partial charge in [0.05, 0.1) is 11.8 Å². The molecule has 0 saturated heterocycles. The van der Waals surface area contributed by atoms with Crippen LogP contribution in [-0.2, 0) is 19.2 Å². The normalized spacial score (nSPS) is 24.0. The van der Waals surface area contributed by atoms with E-state index in [-0.39, 0.29) is 0 Å². The molecule has 0 heterocycles. The third kappa shape index (κ3) is 2.70. The summed E-state index contributed by atoms with van der Waals surface area (Å²) in [7, 11) is 0. The molecule has 0 aromatic rings. The summed E-state index contributed by atoms with van der Waals surface area (Å²) in [5.41, 5.74) is 6.69. The number of hydrogen-bond acceptors (Lipinski definition) is 4. The first-order valence-corrected chi connectivity index (χ1v) is 3.95. The molecule has 78 valence electrons. The lowest BCUT2D eigenvalue weighted by Crippen LogP contribution is -2.31. The second-order valence-corrected chi connectivity index (χ2v) is 3.01. The Morgan fingerprint density at radius 1 is 1.43 bits per heavy atom. The minimum Gasteiger partial charge on any atom is -0.481 e. The highest BCUT2D eigenvalue weighted by atomic mass is 16.7. The molecule has 14 heavy (non-hydrogen) atoms. The highest BCUT2D eigenvalue weighted by Crippen LogP contribution is 2.38. The van der Waals surface area contributed by atoms with Gasteiger partial charge in [-0.05, 0) is 6.42 Å². The van der Waals surface area contributed by atoms with Crippen LogP contribution in [0.5, 0.6) is 0 Å². The molecule has 2 atom stereocenters. The van der Waals surface area contributed by atoms with Gasteiger partial charge in [0.15, 0.2) is 6.61 Å². The van der Waals surface area contributed by atoms with E-state index in [0.717, 1.165) is 0 Å². The van der Waals surface area contributed by atoms with Crippen LogP contribution in [0, 0.1) is 11.8 Å². The summed E-state index contributed by atoms with van der Waals surface area (Å²) in [6.45, 7) is -0.420. The summed E-state index contributed by atoms with van der Waals surface area (Å²) in [5, 5.41) is 8.49. The number of nitrogens with two attached hydrogens (primary N) is 1. The Kier molecular flexibility index (Phi) is 3.03. The van der Waals surface area contributed by atoms with Crippen LogP contribution in [0.3, 0.4) is 0 Å². The van der Waals surface area contributed by atoms with Gasteiger partial charge in [0.1, 0.15) is 0 Å². The van der Waals surface area contributed by atoms with Crippen molar-refractivity contribution in [1.29, 1.82) is 0 Å². The van der Waals surface area contributed by atoms with Gasteiger partial charge < -0.3 is 10.8 Å². The molecule has 1 aliphatic carbocycles. The quantitative estimate of drug-likeness (QED) is 0.456. The van der Waals surface area contributed by atoms with E-state index in [1.807, 2.05) is 5.48 Å². The van der Waals surface area contributed by atoms with Crippen LogP contribution in [0.4, 0.5) is 0 Å². The lowest BCUT2D eigenvalue weighted by molar-refractivity contribution is -0.144. The van der Waals surface area contributed by atoms with Crippen molar-refractivity contribution in [3.05, 3.63) is 0 Å². The topological polar surface area (TPSA) is 119 Å². The highest BCUT2D eigenvalue weighted by molar-refractivity contribution is 5.89. The fourth-order valence-electron chi connectivity index (χ4n) is 1.01. The maximum atomic E-state index is 11.1. The van der Waals surface area contributed by atoms with Crippen molar-refractivity contribution in [2.75, 3.05) is 6.61 Å². The van der Waals surface area contributed by atoms with Gasteiger partial charge in [0.25, 0.3) is 0 Å². The number of carboxylic acids is 1. The van der Waals surface area contributed by atoms with Crippen molar-refractivity contribution < 1.29 is 24.3 Å². The molecular formula is C7H10N2O5. The monoisotopic (exact) mass is 202 g/mol. The molecule has 0 bridgehead atoms. The molecular weight excluding hydrogens is 192 g/mol. The first kappa shape index (κ1) is 10.5. The molecule has 7 heteroatoms. The summed E-state index contributed by atoms with van der Waals surface area (Å²) in [4.78, 5) is 36.0. The molecule has 1 aliphatic rings. The highest BCUT2D eigenvalue weighted by Gasteiger charge is 2.48. The SMILES string of the molecule is NC(=O)CONC(=O)C1CC1C(=O)O. The molecule has 0 aromatic carbocycles. The van der Waals surface area contributed by atoms with Crippen LogP contribution in [0.25, 0.3) is 0 Å². The third-order valence-electron chi connectivity index (χ3n) is 1.83. The molecule has 1 fully saturated rings. The molecule has 1 saturated carbocycles. The molecule has 0 aromatic heterocycles. The van der Waals surface area contributed by atoms with Crippen molar-refractivity contribution in [3.63, 3.8) is 0 Å². The van der Waals surface area contributed by atoms with Crippen molar-refractivity contribution >= 4 is 17.8 Å². The van der Waals surface area contributed by atoms with E-state index in [1.165, 1.54) is 0 Å². The number of carboxylic acid groups (broad SMARTS) is 1. The standard InChI is InChI=1S/C7H10N2O5/c8-5(10)2-14-9-6(11)3-1-4(3)7(12)13/h3-4H,1-2H2,(H2,8,10)(H,9,11)(H,12,13). The van der Waals surface area contributed by atoms with Crippen molar-refractivity contribution in [1.82, 2.24) is 5.48 Å². The van der Waals surface area contributed by atoms with E-state index in [4.69, 9.17) is 10.8 Å². The number of carbonyl (C=O) groups is 3. The van der Waals surface area contributed by atoms with Crippen LogP contribution in [0.1, 0.15) is 6.42 Å². The zero-order valence-corrected chi connectivity index (χ0v) is 7.23. The maximum absolute atomic E-state index is 11.1. The van der Waals surface area contributed by atoms with E-state index >= 15 is 0 Å². The molecule has 4 N–H and O–H groups in total. The Morgan fingerprint density at radius 3 is 2.50 bits per heavy atom. The average Bonchev–Trinajstić information content (AvgIpc) is 2.81. The lowest BCUT2D eigenvalue weighted by atomic mass is 10.3. The second-order valence-electron chi connectivity index (χ2n) is 3.01. The van der Waals surface area contributed by atoms with E-state index < -0.39 is 36.2 Å². The minimum absolute atomic E-state index is 0.307. The van der Waals surface area contributed by atoms with Gasteiger partial charge in [-0.15, -0.1) is 0 Å². The first-order chi connectivity index (χ1) is 6.52. The van der Waals surface area contributed by atoms with Gasteiger partial charge in [-0.1, -0.05) is 0 Å².